The van der Waals surface area contributed by atoms with Crippen molar-refractivity contribution < 1.29 is 9.53 Å². The van der Waals surface area contributed by atoms with Crippen LogP contribution in [0.4, 0.5) is 5.69 Å². The van der Waals surface area contributed by atoms with Crippen LogP contribution < -0.4 is 5.32 Å². The second-order valence-electron chi connectivity index (χ2n) is 5.72. The van der Waals surface area contributed by atoms with E-state index < -0.39 is 0 Å². The zero-order valence-corrected chi connectivity index (χ0v) is 13.0. The van der Waals surface area contributed by atoms with Gasteiger partial charge in [0.15, 0.2) is 0 Å². The molecule has 0 spiro atoms. The highest BCUT2D eigenvalue weighted by molar-refractivity contribution is 5.90. The van der Waals surface area contributed by atoms with E-state index >= 15 is 0 Å². The highest BCUT2D eigenvalue weighted by atomic mass is 16.5. The maximum atomic E-state index is 12.1. The van der Waals surface area contributed by atoms with E-state index in [0.29, 0.717) is 5.69 Å². The van der Waals surface area contributed by atoms with Gasteiger partial charge >= 0.3 is 0 Å². The van der Waals surface area contributed by atoms with E-state index in [9.17, 15) is 4.79 Å². The number of carbonyl (C=O) groups excluding carboxylic acids is 1. The van der Waals surface area contributed by atoms with Crippen LogP contribution in [-0.2, 0) is 22.6 Å². The molecule has 3 heterocycles. The molecule has 22 heavy (non-hydrogen) atoms. The van der Waals surface area contributed by atoms with E-state index in [0.717, 1.165) is 37.4 Å². The molecule has 1 amide bonds. The number of ether oxygens (including phenoxy) is 1. The SMILES string of the molecule is Cc1cc(C)n(CC(=O)Nc2cnn(CC3CCCO3)c2)n1. The van der Waals surface area contributed by atoms with Gasteiger partial charge in [-0.3, -0.25) is 14.2 Å². The summed E-state index contributed by atoms with van der Waals surface area (Å²) in [5.41, 5.74) is 2.58. The van der Waals surface area contributed by atoms with Crippen LogP contribution in [0, 0.1) is 13.8 Å². The Bertz CT molecular complexity index is 655. The molecule has 1 aliphatic heterocycles. The quantitative estimate of drug-likeness (QED) is 0.908. The zero-order valence-electron chi connectivity index (χ0n) is 13.0. The van der Waals surface area contributed by atoms with Gasteiger partial charge in [-0.2, -0.15) is 10.2 Å². The first kappa shape index (κ1) is 14.8. The van der Waals surface area contributed by atoms with E-state index in [-0.39, 0.29) is 18.6 Å². The first-order valence-corrected chi connectivity index (χ1v) is 7.55. The van der Waals surface area contributed by atoms with Crippen LogP contribution in [0.5, 0.6) is 0 Å². The molecule has 7 nitrogen and oxygen atoms in total. The molecule has 0 bridgehead atoms. The summed E-state index contributed by atoms with van der Waals surface area (Å²) < 4.78 is 9.09. The molecule has 1 fully saturated rings. The van der Waals surface area contributed by atoms with Gasteiger partial charge in [0, 0.05) is 18.5 Å². The fourth-order valence-corrected chi connectivity index (χ4v) is 2.70. The van der Waals surface area contributed by atoms with Crippen LogP contribution >= 0.6 is 0 Å². The highest BCUT2D eigenvalue weighted by Gasteiger charge is 2.16. The summed E-state index contributed by atoms with van der Waals surface area (Å²) in [7, 11) is 0. The standard InChI is InChI=1S/C15H21N5O2/c1-11-6-12(2)20(18-11)10-15(21)17-13-7-16-19(8-13)9-14-4-3-5-22-14/h6-8,14H,3-5,9-10H2,1-2H3,(H,17,21). The summed E-state index contributed by atoms with van der Waals surface area (Å²) in [4.78, 5) is 12.1. The van der Waals surface area contributed by atoms with E-state index in [1.165, 1.54) is 0 Å². The third kappa shape index (κ3) is 3.54. The molecule has 0 saturated carbocycles. The van der Waals surface area contributed by atoms with Gasteiger partial charge in [0.05, 0.1) is 30.2 Å². The van der Waals surface area contributed by atoms with Crippen molar-refractivity contribution in [2.45, 2.75) is 45.9 Å². The van der Waals surface area contributed by atoms with Gasteiger partial charge in [0.1, 0.15) is 6.54 Å². The molecule has 1 unspecified atom stereocenters. The fraction of sp³-hybridized carbons (Fsp3) is 0.533. The number of anilines is 1. The molecule has 1 N–H and O–H groups in total. The minimum Gasteiger partial charge on any atom is -0.376 e. The van der Waals surface area contributed by atoms with Crippen molar-refractivity contribution in [2.75, 3.05) is 11.9 Å². The fourth-order valence-electron chi connectivity index (χ4n) is 2.70. The van der Waals surface area contributed by atoms with Crippen LogP contribution in [-0.4, -0.2) is 38.2 Å². The first-order chi connectivity index (χ1) is 10.6. The van der Waals surface area contributed by atoms with Crippen LogP contribution in [0.25, 0.3) is 0 Å². The predicted molar refractivity (Wildman–Crippen MR) is 81.5 cm³/mol. The number of hydrogen-bond donors (Lipinski definition) is 1. The Labute approximate surface area is 129 Å². The van der Waals surface area contributed by atoms with Crippen molar-refractivity contribution in [3.8, 4) is 0 Å². The van der Waals surface area contributed by atoms with E-state index in [2.05, 4.69) is 15.5 Å². The van der Waals surface area contributed by atoms with Crippen molar-refractivity contribution >= 4 is 11.6 Å². The molecule has 7 heteroatoms. The van der Waals surface area contributed by atoms with Crippen molar-refractivity contribution in [1.29, 1.82) is 0 Å². The molecule has 2 aromatic heterocycles. The van der Waals surface area contributed by atoms with E-state index in [1.807, 2.05) is 30.8 Å². The van der Waals surface area contributed by atoms with Crippen LogP contribution in [0.3, 0.4) is 0 Å². The highest BCUT2D eigenvalue weighted by Crippen LogP contribution is 2.15. The molecule has 3 rings (SSSR count). The third-order valence-corrected chi connectivity index (χ3v) is 3.73. The number of hydrogen-bond acceptors (Lipinski definition) is 4. The maximum absolute atomic E-state index is 12.1. The van der Waals surface area contributed by atoms with E-state index in [4.69, 9.17) is 4.74 Å². The Kier molecular flexibility index (Phi) is 4.24. The number of carbonyl (C=O) groups is 1. The number of amides is 1. The second-order valence-corrected chi connectivity index (χ2v) is 5.72. The van der Waals surface area contributed by atoms with Gasteiger partial charge in [-0.05, 0) is 32.8 Å². The first-order valence-electron chi connectivity index (χ1n) is 7.55. The van der Waals surface area contributed by atoms with Gasteiger partial charge in [0.2, 0.25) is 5.91 Å². The Morgan fingerprint density at radius 3 is 3.05 bits per heavy atom. The maximum Gasteiger partial charge on any atom is 0.246 e. The van der Waals surface area contributed by atoms with Crippen molar-refractivity contribution in [1.82, 2.24) is 19.6 Å². The smallest absolute Gasteiger partial charge is 0.246 e. The Morgan fingerprint density at radius 2 is 2.36 bits per heavy atom. The average Bonchev–Trinajstić information content (AvgIpc) is 3.15. The minimum absolute atomic E-state index is 0.108. The molecule has 0 aromatic carbocycles. The number of nitrogens with one attached hydrogen (secondary N) is 1. The second kappa shape index (κ2) is 6.31. The molecule has 118 valence electrons. The van der Waals surface area contributed by atoms with Crippen LogP contribution in [0.15, 0.2) is 18.5 Å². The van der Waals surface area contributed by atoms with E-state index in [1.54, 1.807) is 10.9 Å². The molecule has 1 aliphatic rings. The lowest BCUT2D eigenvalue weighted by atomic mass is 10.2. The summed E-state index contributed by atoms with van der Waals surface area (Å²) in [6, 6.07) is 1.95. The van der Waals surface area contributed by atoms with Gasteiger partial charge in [-0.15, -0.1) is 0 Å². The van der Waals surface area contributed by atoms with Crippen LogP contribution in [0.1, 0.15) is 24.2 Å². The lowest BCUT2D eigenvalue weighted by Crippen LogP contribution is -2.20. The lowest BCUT2D eigenvalue weighted by Gasteiger charge is -2.08. The normalized spacial score (nSPS) is 17.8. The number of aryl methyl sites for hydroxylation is 2. The monoisotopic (exact) mass is 303 g/mol. The Hall–Kier alpha value is -2.15. The van der Waals surface area contributed by atoms with Crippen molar-refractivity contribution in [3.63, 3.8) is 0 Å². The van der Waals surface area contributed by atoms with Crippen molar-refractivity contribution in [3.05, 3.63) is 29.8 Å². The number of nitrogens with zero attached hydrogens (tertiary/aromatic N) is 4. The summed E-state index contributed by atoms with van der Waals surface area (Å²) in [5.74, 6) is -0.108. The molecule has 2 aromatic rings. The topological polar surface area (TPSA) is 74.0 Å². The van der Waals surface area contributed by atoms with Gasteiger partial charge in [0.25, 0.3) is 0 Å². The summed E-state index contributed by atoms with van der Waals surface area (Å²) in [6.45, 7) is 5.62. The molecule has 0 radical (unpaired) electrons. The summed E-state index contributed by atoms with van der Waals surface area (Å²) in [6.07, 6.45) is 5.91. The Morgan fingerprint density at radius 1 is 1.50 bits per heavy atom. The summed E-state index contributed by atoms with van der Waals surface area (Å²) >= 11 is 0. The third-order valence-electron chi connectivity index (χ3n) is 3.73. The Balaban J connectivity index is 1.55. The van der Waals surface area contributed by atoms with Gasteiger partial charge < -0.3 is 10.1 Å². The summed E-state index contributed by atoms with van der Waals surface area (Å²) in [5, 5.41) is 11.4. The van der Waals surface area contributed by atoms with Gasteiger partial charge in [-0.25, -0.2) is 0 Å². The number of aromatic nitrogens is 4. The lowest BCUT2D eigenvalue weighted by molar-refractivity contribution is -0.116. The van der Waals surface area contributed by atoms with Crippen molar-refractivity contribution in [2.24, 2.45) is 0 Å². The average molecular weight is 303 g/mol. The molecule has 1 atom stereocenters. The zero-order chi connectivity index (χ0) is 15.5. The largest absolute Gasteiger partial charge is 0.376 e. The number of rotatable bonds is 5. The minimum atomic E-state index is -0.108. The predicted octanol–water partition coefficient (Wildman–Crippen LogP) is 1.51. The van der Waals surface area contributed by atoms with Gasteiger partial charge in [-0.1, -0.05) is 0 Å². The van der Waals surface area contributed by atoms with Crippen LogP contribution in [0.2, 0.25) is 0 Å². The molecule has 0 aliphatic carbocycles. The molecular weight excluding hydrogens is 282 g/mol. The molecule has 1 saturated heterocycles. The molecular formula is C15H21N5O2.